The van der Waals surface area contributed by atoms with Crippen molar-refractivity contribution in [2.75, 3.05) is 39.3 Å². The van der Waals surface area contributed by atoms with E-state index in [4.69, 9.17) is 0 Å². The molecule has 2 heterocycles. The minimum absolute atomic E-state index is 0.736. The van der Waals surface area contributed by atoms with Crippen LogP contribution in [0.1, 0.15) is 39.5 Å². The first-order valence-corrected chi connectivity index (χ1v) is 7.49. The van der Waals surface area contributed by atoms with Gasteiger partial charge in [0.1, 0.15) is 0 Å². The maximum Gasteiger partial charge on any atom is 0.0195 e. The van der Waals surface area contributed by atoms with Crippen LogP contribution in [0, 0.1) is 0 Å². The van der Waals surface area contributed by atoms with E-state index in [1.807, 2.05) is 0 Å². The SMILES string of the molecule is CCNC1CCCN(CC(C)N2CCCC2)C1. The van der Waals surface area contributed by atoms with Gasteiger partial charge in [0.15, 0.2) is 0 Å². The van der Waals surface area contributed by atoms with Crippen LogP contribution in [0.4, 0.5) is 0 Å². The molecule has 0 aromatic carbocycles. The molecule has 0 aliphatic carbocycles. The molecule has 0 aromatic rings. The molecule has 0 bridgehead atoms. The van der Waals surface area contributed by atoms with E-state index in [2.05, 4.69) is 29.0 Å². The first kappa shape index (κ1) is 13.3. The molecule has 0 radical (unpaired) electrons. The van der Waals surface area contributed by atoms with Crippen LogP contribution in [0.3, 0.4) is 0 Å². The minimum Gasteiger partial charge on any atom is -0.313 e. The number of piperidine rings is 1. The zero-order valence-corrected chi connectivity index (χ0v) is 11.6. The van der Waals surface area contributed by atoms with Crippen molar-refractivity contribution >= 4 is 0 Å². The van der Waals surface area contributed by atoms with Crippen LogP contribution in [-0.2, 0) is 0 Å². The smallest absolute Gasteiger partial charge is 0.0195 e. The summed E-state index contributed by atoms with van der Waals surface area (Å²) < 4.78 is 0. The van der Waals surface area contributed by atoms with Gasteiger partial charge in [-0.1, -0.05) is 6.92 Å². The van der Waals surface area contributed by atoms with Crippen molar-refractivity contribution in [2.24, 2.45) is 0 Å². The molecule has 2 aliphatic heterocycles. The molecule has 0 saturated carbocycles. The number of rotatable bonds is 5. The summed E-state index contributed by atoms with van der Waals surface area (Å²) in [4.78, 5) is 5.33. The summed E-state index contributed by atoms with van der Waals surface area (Å²) in [5.74, 6) is 0. The van der Waals surface area contributed by atoms with Gasteiger partial charge < -0.3 is 10.2 Å². The Bertz CT molecular complexity index is 212. The van der Waals surface area contributed by atoms with Gasteiger partial charge in [-0.05, 0) is 58.8 Å². The number of likely N-dealkylation sites (tertiary alicyclic amines) is 2. The summed E-state index contributed by atoms with van der Waals surface area (Å²) >= 11 is 0. The summed E-state index contributed by atoms with van der Waals surface area (Å²) in [7, 11) is 0. The number of hydrogen-bond donors (Lipinski definition) is 1. The van der Waals surface area contributed by atoms with Gasteiger partial charge in [0.25, 0.3) is 0 Å². The largest absolute Gasteiger partial charge is 0.313 e. The maximum absolute atomic E-state index is 3.60. The van der Waals surface area contributed by atoms with Crippen molar-refractivity contribution in [1.29, 1.82) is 0 Å². The molecule has 0 amide bonds. The predicted octanol–water partition coefficient (Wildman–Crippen LogP) is 1.54. The Morgan fingerprint density at radius 3 is 2.65 bits per heavy atom. The van der Waals surface area contributed by atoms with Crippen LogP contribution < -0.4 is 5.32 Å². The van der Waals surface area contributed by atoms with Gasteiger partial charge >= 0.3 is 0 Å². The minimum atomic E-state index is 0.736. The van der Waals surface area contributed by atoms with Crippen LogP contribution >= 0.6 is 0 Å². The van der Waals surface area contributed by atoms with Crippen LogP contribution in [0.5, 0.6) is 0 Å². The quantitative estimate of drug-likeness (QED) is 0.785. The molecule has 0 spiro atoms. The third-order valence-electron chi connectivity index (χ3n) is 4.28. The first-order chi connectivity index (χ1) is 8.29. The van der Waals surface area contributed by atoms with E-state index in [-0.39, 0.29) is 0 Å². The van der Waals surface area contributed by atoms with E-state index in [9.17, 15) is 0 Å². The highest BCUT2D eigenvalue weighted by Crippen LogP contribution is 2.15. The van der Waals surface area contributed by atoms with E-state index in [1.54, 1.807) is 0 Å². The molecular formula is C14H29N3. The normalized spacial score (nSPS) is 29.6. The Balaban J connectivity index is 1.73. The Morgan fingerprint density at radius 1 is 1.18 bits per heavy atom. The lowest BCUT2D eigenvalue weighted by atomic mass is 10.0. The van der Waals surface area contributed by atoms with Gasteiger partial charge in [-0.25, -0.2) is 0 Å². The summed E-state index contributed by atoms with van der Waals surface area (Å²) in [6.45, 7) is 12.2. The van der Waals surface area contributed by atoms with E-state index < -0.39 is 0 Å². The Morgan fingerprint density at radius 2 is 1.94 bits per heavy atom. The monoisotopic (exact) mass is 239 g/mol. The van der Waals surface area contributed by atoms with E-state index in [0.29, 0.717) is 0 Å². The molecule has 2 fully saturated rings. The molecular weight excluding hydrogens is 210 g/mol. The number of likely N-dealkylation sites (N-methyl/N-ethyl adjacent to an activating group) is 1. The molecule has 3 heteroatoms. The van der Waals surface area contributed by atoms with E-state index >= 15 is 0 Å². The summed E-state index contributed by atoms with van der Waals surface area (Å²) in [6, 6.07) is 1.48. The van der Waals surface area contributed by atoms with Crippen molar-refractivity contribution in [3.63, 3.8) is 0 Å². The highest BCUT2D eigenvalue weighted by atomic mass is 15.2. The van der Waals surface area contributed by atoms with Crippen molar-refractivity contribution in [2.45, 2.75) is 51.6 Å². The van der Waals surface area contributed by atoms with Crippen LogP contribution in [0.25, 0.3) is 0 Å². The van der Waals surface area contributed by atoms with Gasteiger partial charge in [0.05, 0.1) is 0 Å². The predicted molar refractivity (Wildman–Crippen MR) is 73.4 cm³/mol. The molecule has 2 rings (SSSR count). The average molecular weight is 239 g/mol. The molecule has 100 valence electrons. The third-order valence-corrected chi connectivity index (χ3v) is 4.28. The first-order valence-electron chi connectivity index (χ1n) is 7.49. The van der Waals surface area contributed by atoms with Crippen molar-refractivity contribution in [3.05, 3.63) is 0 Å². The second kappa shape index (κ2) is 6.72. The lowest BCUT2D eigenvalue weighted by Gasteiger charge is -2.36. The molecule has 2 aliphatic rings. The zero-order chi connectivity index (χ0) is 12.1. The van der Waals surface area contributed by atoms with Gasteiger partial charge in [-0.15, -0.1) is 0 Å². The van der Waals surface area contributed by atoms with E-state index in [1.165, 1.54) is 58.4 Å². The molecule has 2 saturated heterocycles. The molecule has 0 aromatic heterocycles. The van der Waals surface area contributed by atoms with Gasteiger partial charge in [0.2, 0.25) is 0 Å². The number of hydrogen-bond acceptors (Lipinski definition) is 3. The Hall–Kier alpha value is -0.120. The van der Waals surface area contributed by atoms with E-state index in [0.717, 1.165) is 18.6 Å². The van der Waals surface area contributed by atoms with Gasteiger partial charge in [-0.3, -0.25) is 4.90 Å². The number of nitrogens with one attached hydrogen (secondary N) is 1. The van der Waals surface area contributed by atoms with Gasteiger partial charge in [-0.2, -0.15) is 0 Å². The molecule has 2 unspecified atom stereocenters. The lowest BCUT2D eigenvalue weighted by Crippen LogP contribution is -2.49. The molecule has 2 atom stereocenters. The fourth-order valence-corrected chi connectivity index (χ4v) is 3.35. The Labute approximate surface area is 107 Å². The topological polar surface area (TPSA) is 18.5 Å². The summed E-state index contributed by atoms with van der Waals surface area (Å²) in [6.07, 6.45) is 5.54. The van der Waals surface area contributed by atoms with Gasteiger partial charge in [0, 0.05) is 25.2 Å². The lowest BCUT2D eigenvalue weighted by molar-refractivity contribution is 0.136. The van der Waals surface area contributed by atoms with Crippen LogP contribution in [-0.4, -0.2) is 61.2 Å². The summed E-state index contributed by atoms with van der Waals surface area (Å²) in [5, 5.41) is 3.60. The van der Waals surface area contributed by atoms with Crippen LogP contribution in [0.15, 0.2) is 0 Å². The Kier molecular flexibility index (Phi) is 5.26. The van der Waals surface area contributed by atoms with Crippen LogP contribution in [0.2, 0.25) is 0 Å². The fraction of sp³-hybridized carbons (Fsp3) is 1.00. The molecule has 17 heavy (non-hydrogen) atoms. The average Bonchev–Trinajstić information content (AvgIpc) is 2.83. The standard InChI is InChI=1S/C14H29N3/c1-3-15-14-7-6-8-16(12-14)11-13(2)17-9-4-5-10-17/h13-15H,3-12H2,1-2H3. The van der Waals surface area contributed by atoms with Crippen molar-refractivity contribution < 1.29 is 0 Å². The molecule has 3 nitrogen and oxygen atoms in total. The van der Waals surface area contributed by atoms with Crippen molar-refractivity contribution in [3.8, 4) is 0 Å². The third kappa shape index (κ3) is 3.94. The highest BCUT2D eigenvalue weighted by Gasteiger charge is 2.24. The number of nitrogens with zero attached hydrogens (tertiary/aromatic N) is 2. The second-order valence-corrected chi connectivity index (χ2v) is 5.75. The molecule has 1 N–H and O–H groups in total. The second-order valence-electron chi connectivity index (χ2n) is 5.75. The zero-order valence-electron chi connectivity index (χ0n) is 11.6. The summed E-state index contributed by atoms with van der Waals surface area (Å²) in [5.41, 5.74) is 0. The highest BCUT2D eigenvalue weighted by molar-refractivity contribution is 4.82. The maximum atomic E-state index is 3.60. The fourth-order valence-electron chi connectivity index (χ4n) is 3.35. The van der Waals surface area contributed by atoms with Crippen molar-refractivity contribution in [1.82, 2.24) is 15.1 Å².